The van der Waals surface area contributed by atoms with Crippen molar-refractivity contribution in [3.8, 4) is 0 Å². The van der Waals surface area contributed by atoms with Gasteiger partial charge in [-0.15, -0.1) is 0 Å². The number of alkyl halides is 2. The molecule has 1 aromatic heterocycles. The molecule has 0 aliphatic heterocycles. The van der Waals surface area contributed by atoms with Crippen LogP contribution in [0.5, 0.6) is 0 Å². The average molecular weight is 192 g/mol. The Morgan fingerprint density at radius 2 is 2.15 bits per heavy atom. The summed E-state index contributed by atoms with van der Waals surface area (Å²) in [5.41, 5.74) is 4.05. The molecule has 13 heavy (non-hydrogen) atoms. The Bertz CT molecular complexity index is 317. The Morgan fingerprint density at radius 1 is 1.54 bits per heavy atom. The number of halogens is 3. The number of rotatable bonds is 2. The third-order valence-electron chi connectivity index (χ3n) is 1.49. The van der Waals surface area contributed by atoms with Crippen molar-refractivity contribution in [2.24, 2.45) is 0 Å². The van der Waals surface area contributed by atoms with Crippen LogP contribution in [0.3, 0.4) is 0 Å². The first-order valence-corrected chi connectivity index (χ1v) is 3.40. The van der Waals surface area contributed by atoms with Crippen molar-refractivity contribution in [1.82, 2.24) is 4.98 Å². The molecule has 72 valence electrons. The highest BCUT2D eigenvalue weighted by Crippen LogP contribution is 2.23. The number of anilines is 1. The van der Waals surface area contributed by atoms with Crippen LogP contribution in [0.4, 0.5) is 19.0 Å². The van der Waals surface area contributed by atoms with E-state index >= 15 is 0 Å². The summed E-state index contributed by atoms with van der Waals surface area (Å²) in [7, 11) is 0. The fourth-order valence-corrected chi connectivity index (χ4v) is 0.871. The molecule has 0 aromatic carbocycles. The van der Waals surface area contributed by atoms with E-state index in [2.05, 4.69) is 4.98 Å². The van der Waals surface area contributed by atoms with Crippen LogP contribution in [0.2, 0.25) is 0 Å². The monoisotopic (exact) mass is 192 g/mol. The van der Waals surface area contributed by atoms with Gasteiger partial charge in [-0.1, -0.05) is 0 Å². The Hall–Kier alpha value is -1.30. The lowest BCUT2D eigenvalue weighted by molar-refractivity contribution is 0.141. The highest BCUT2D eigenvalue weighted by molar-refractivity contribution is 5.36. The smallest absolute Gasteiger partial charge is 0.280 e. The molecule has 1 heterocycles. The second-order valence-corrected chi connectivity index (χ2v) is 2.36. The number of nitrogens with zero attached hydrogens (tertiary/aromatic N) is 1. The van der Waals surface area contributed by atoms with Gasteiger partial charge in [-0.05, 0) is 6.07 Å². The first kappa shape index (κ1) is 9.79. The highest BCUT2D eigenvalue weighted by atomic mass is 19.3. The predicted molar refractivity (Wildman–Crippen MR) is 39.5 cm³/mol. The van der Waals surface area contributed by atoms with E-state index in [1.807, 2.05) is 0 Å². The summed E-state index contributed by atoms with van der Waals surface area (Å²) in [6.45, 7) is -0.691. The molecule has 0 radical (unpaired) electrons. The molecular formula is C7H7F3N2O. The van der Waals surface area contributed by atoms with Gasteiger partial charge in [0.05, 0.1) is 6.61 Å². The zero-order valence-electron chi connectivity index (χ0n) is 6.47. The first-order valence-electron chi connectivity index (χ1n) is 3.40. The van der Waals surface area contributed by atoms with Crippen molar-refractivity contribution in [3.05, 3.63) is 23.1 Å². The first-order chi connectivity index (χ1) is 6.06. The number of aliphatic hydroxyl groups is 1. The summed E-state index contributed by atoms with van der Waals surface area (Å²) in [6.07, 6.45) is -2.87. The van der Waals surface area contributed by atoms with Crippen LogP contribution >= 0.6 is 0 Å². The topological polar surface area (TPSA) is 59.1 Å². The van der Waals surface area contributed by atoms with E-state index < -0.39 is 30.4 Å². The normalized spacial score (nSPS) is 10.8. The number of aliphatic hydroxyl groups excluding tert-OH is 1. The zero-order chi connectivity index (χ0) is 10.0. The fourth-order valence-electron chi connectivity index (χ4n) is 0.871. The summed E-state index contributed by atoms with van der Waals surface area (Å²) in [4.78, 5) is 3.14. The largest absolute Gasteiger partial charge is 0.392 e. The lowest BCUT2D eigenvalue weighted by Crippen LogP contribution is -2.04. The number of nitrogen functional groups attached to an aromatic ring is 1. The minimum atomic E-state index is -2.87. The minimum Gasteiger partial charge on any atom is -0.392 e. The van der Waals surface area contributed by atoms with E-state index in [9.17, 15) is 13.2 Å². The molecule has 0 atom stereocenters. The number of hydrogen-bond donors (Lipinski definition) is 2. The molecule has 6 heteroatoms. The molecule has 0 aliphatic carbocycles. The van der Waals surface area contributed by atoms with Gasteiger partial charge in [-0.3, -0.25) is 0 Å². The molecule has 0 saturated heterocycles. The minimum absolute atomic E-state index is 0.248. The Labute approximate surface area is 72.0 Å². The number of aromatic nitrogens is 1. The van der Waals surface area contributed by atoms with Crippen LogP contribution < -0.4 is 5.73 Å². The van der Waals surface area contributed by atoms with Crippen LogP contribution in [0.25, 0.3) is 0 Å². The third kappa shape index (κ3) is 1.89. The standard InChI is InChI=1S/C7H7F3N2O/c8-4-1-3(2-13)5(6(9)10)12-7(4)11/h1,6,13H,2H2,(H2,11,12). The lowest BCUT2D eigenvalue weighted by atomic mass is 10.2. The summed E-state index contributed by atoms with van der Waals surface area (Å²) < 4.78 is 37.0. The van der Waals surface area contributed by atoms with E-state index in [-0.39, 0.29) is 5.56 Å². The SMILES string of the molecule is Nc1nc(C(F)F)c(CO)cc1F. The fraction of sp³-hybridized carbons (Fsp3) is 0.286. The molecule has 0 amide bonds. The molecule has 0 saturated carbocycles. The van der Waals surface area contributed by atoms with Crippen LogP contribution in [0.15, 0.2) is 6.07 Å². The second-order valence-electron chi connectivity index (χ2n) is 2.36. The molecule has 3 nitrogen and oxygen atoms in total. The van der Waals surface area contributed by atoms with Crippen molar-refractivity contribution in [2.45, 2.75) is 13.0 Å². The van der Waals surface area contributed by atoms with Gasteiger partial charge in [-0.25, -0.2) is 18.2 Å². The maximum atomic E-state index is 12.7. The highest BCUT2D eigenvalue weighted by Gasteiger charge is 2.17. The summed E-state index contributed by atoms with van der Waals surface area (Å²) >= 11 is 0. The van der Waals surface area contributed by atoms with Gasteiger partial charge >= 0.3 is 0 Å². The van der Waals surface area contributed by atoms with Crippen molar-refractivity contribution >= 4 is 5.82 Å². The van der Waals surface area contributed by atoms with E-state index in [1.54, 1.807) is 0 Å². The Kier molecular flexibility index (Phi) is 2.72. The predicted octanol–water partition coefficient (Wildman–Crippen LogP) is 1.23. The number of pyridine rings is 1. The molecule has 0 aliphatic rings. The van der Waals surface area contributed by atoms with Crippen molar-refractivity contribution < 1.29 is 18.3 Å². The summed E-state index contributed by atoms with van der Waals surface area (Å²) in [5, 5.41) is 8.60. The van der Waals surface area contributed by atoms with Crippen LogP contribution in [-0.4, -0.2) is 10.1 Å². The number of nitrogens with two attached hydrogens (primary N) is 1. The molecule has 0 fully saturated rings. The van der Waals surface area contributed by atoms with E-state index in [1.165, 1.54) is 0 Å². The molecule has 3 N–H and O–H groups in total. The van der Waals surface area contributed by atoms with Gasteiger partial charge in [0.2, 0.25) is 0 Å². The molecule has 1 rings (SSSR count). The zero-order valence-corrected chi connectivity index (χ0v) is 6.47. The van der Waals surface area contributed by atoms with E-state index in [0.717, 1.165) is 6.07 Å². The maximum absolute atomic E-state index is 12.7. The lowest BCUT2D eigenvalue weighted by Gasteiger charge is -2.06. The van der Waals surface area contributed by atoms with E-state index in [0.29, 0.717) is 0 Å². The van der Waals surface area contributed by atoms with Gasteiger partial charge in [0.15, 0.2) is 11.6 Å². The van der Waals surface area contributed by atoms with Crippen molar-refractivity contribution in [3.63, 3.8) is 0 Å². The van der Waals surface area contributed by atoms with Crippen LogP contribution in [0.1, 0.15) is 17.7 Å². The van der Waals surface area contributed by atoms with Gasteiger partial charge in [0, 0.05) is 5.56 Å². The molecule has 0 unspecified atom stereocenters. The second kappa shape index (κ2) is 3.61. The molecule has 1 aromatic rings. The third-order valence-corrected chi connectivity index (χ3v) is 1.49. The molecule has 0 spiro atoms. The molecule has 0 bridgehead atoms. The quantitative estimate of drug-likeness (QED) is 0.740. The van der Waals surface area contributed by atoms with E-state index in [4.69, 9.17) is 10.8 Å². The van der Waals surface area contributed by atoms with Crippen LogP contribution in [0, 0.1) is 5.82 Å². The van der Waals surface area contributed by atoms with Gasteiger partial charge < -0.3 is 10.8 Å². The molecular weight excluding hydrogens is 185 g/mol. The Morgan fingerprint density at radius 3 is 2.62 bits per heavy atom. The van der Waals surface area contributed by atoms with Crippen LogP contribution in [-0.2, 0) is 6.61 Å². The van der Waals surface area contributed by atoms with Crippen molar-refractivity contribution in [1.29, 1.82) is 0 Å². The van der Waals surface area contributed by atoms with Gasteiger partial charge in [0.1, 0.15) is 5.69 Å². The van der Waals surface area contributed by atoms with Gasteiger partial charge in [0.25, 0.3) is 6.43 Å². The Balaban J connectivity index is 3.25. The summed E-state index contributed by atoms with van der Waals surface area (Å²) in [5.74, 6) is -1.50. The number of hydrogen-bond acceptors (Lipinski definition) is 3. The van der Waals surface area contributed by atoms with Crippen molar-refractivity contribution in [2.75, 3.05) is 5.73 Å². The van der Waals surface area contributed by atoms with Gasteiger partial charge in [-0.2, -0.15) is 0 Å². The summed E-state index contributed by atoms with van der Waals surface area (Å²) in [6, 6.07) is 0.754. The maximum Gasteiger partial charge on any atom is 0.280 e. The average Bonchev–Trinajstić information content (AvgIpc) is 2.08.